The second kappa shape index (κ2) is 9.15. The average Bonchev–Trinajstić information content (AvgIpc) is 2.47. The van der Waals surface area contributed by atoms with Crippen molar-refractivity contribution >= 4 is 11.7 Å². The van der Waals surface area contributed by atoms with Crippen LogP contribution in [0.4, 0.5) is 5.69 Å². The van der Waals surface area contributed by atoms with Crippen LogP contribution in [-0.4, -0.2) is 40.5 Å². The van der Waals surface area contributed by atoms with Gasteiger partial charge in [-0.25, -0.2) is 0 Å². The molecule has 1 rings (SSSR count). The Morgan fingerprint density at radius 1 is 1.23 bits per heavy atom. The first-order chi connectivity index (χ1) is 10.5. The maximum Gasteiger partial charge on any atom is 0.311 e. The van der Waals surface area contributed by atoms with Crippen molar-refractivity contribution in [3.63, 3.8) is 0 Å². The summed E-state index contributed by atoms with van der Waals surface area (Å²) >= 11 is 0. The Labute approximate surface area is 130 Å². The summed E-state index contributed by atoms with van der Waals surface area (Å²) in [6.45, 7) is 6.62. The maximum absolute atomic E-state index is 11.6. The van der Waals surface area contributed by atoms with Crippen molar-refractivity contribution < 1.29 is 14.8 Å². The smallest absolute Gasteiger partial charge is 0.311 e. The quantitative estimate of drug-likeness (QED) is 0.529. The zero-order valence-corrected chi connectivity index (χ0v) is 13.2. The Hall–Kier alpha value is -1.95. The van der Waals surface area contributed by atoms with Gasteiger partial charge < -0.3 is 10.0 Å². The maximum atomic E-state index is 11.6. The molecule has 0 fully saturated rings. The van der Waals surface area contributed by atoms with E-state index in [4.69, 9.17) is 0 Å². The molecule has 6 heteroatoms. The number of nitro benzene ring substituents is 1. The first kappa shape index (κ1) is 18.1. The van der Waals surface area contributed by atoms with Gasteiger partial charge in [-0.15, -0.1) is 0 Å². The standard InChI is InChI=1S/C16H24N2O4/c1-3-10-17(11-4-2)12-9-14(16(19)20)13-7-5-6-8-15(13)18(21)22/h5-8,14H,3-4,9-12H2,1-2H3,(H,19,20)/t14-/m1/s1. The highest BCUT2D eigenvalue weighted by atomic mass is 16.6. The van der Waals surface area contributed by atoms with Gasteiger partial charge in [0.15, 0.2) is 0 Å². The lowest BCUT2D eigenvalue weighted by Gasteiger charge is -2.23. The summed E-state index contributed by atoms with van der Waals surface area (Å²) < 4.78 is 0. The van der Waals surface area contributed by atoms with Crippen LogP contribution in [-0.2, 0) is 4.79 Å². The van der Waals surface area contributed by atoms with Gasteiger partial charge in [0.25, 0.3) is 5.69 Å². The SMILES string of the molecule is CCCN(CCC)CC[C@@H](C(=O)O)c1ccccc1[N+](=O)[O-]. The monoisotopic (exact) mass is 308 g/mol. The topological polar surface area (TPSA) is 83.7 Å². The third-order valence-corrected chi connectivity index (χ3v) is 3.62. The van der Waals surface area contributed by atoms with Crippen molar-refractivity contribution in [3.8, 4) is 0 Å². The molecule has 0 aliphatic carbocycles. The van der Waals surface area contributed by atoms with Crippen molar-refractivity contribution in [2.45, 2.75) is 39.0 Å². The number of carboxylic acids is 1. The van der Waals surface area contributed by atoms with E-state index in [0.717, 1.165) is 25.9 Å². The Balaban J connectivity index is 2.91. The van der Waals surface area contributed by atoms with Crippen molar-refractivity contribution in [2.24, 2.45) is 0 Å². The summed E-state index contributed by atoms with van der Waals surface area (Å²) in [5.41, 5.74) is 0.167. The summed E-state index contributed by atoms with van der Waals surface area (Å²) in [6, 6.07) is 6.11. The van der Waals surface area contributed by atoms with Crippen LogP contribution in [0.25, 0.3) is 0 Å². The molecule has 0 amide bonds. The second-order valence-corrected chi connectivity index (χ2v) is 5.34. The van der Waals surface area contributed by atoms with Crippen LogP contribution < -0.4 is 0 Å². The first-order valence-corrected chi connectivity index (χ1v) is 7.69. The lowest BCUT2D eigenvalue weighted by Crippen LogP contribution is -2.29. The summed E-state index contributed by atoms with van der Waals surface area (Å²) in [5.74, 6) is -1.86. The van der Waals surface area contributed by atoms with Crippen LogP contribution in [0.1, 0.15) is 44.6 Å². The van der Waals surface area contributed by atoms with E-state index in [1.807, 2.05) is 0 Å². The molecule has 0 unspecified atom stereocenters. The van der Waals surface area contributed by atoms with Gasteiger partial charge >= 0.3 is 5.97 Å². The highest BCUT2D eigenvalue weighted by Crippen LogP contribution is 2.29. The minimum absolute atomic E-state index is 0.118. The van der Waals surface area contributed by atoms with E-state index < -0.39 is 16.8 Å². The summed E-state index contributed by atoms with van der Waals surface area (Å²) in [4.78, 5) is 24.4. The third kappa shape index (κ3) is 5.11. The lowest BCUT2D eigenvalue weighted by atomic mass is 9.94. The van der Waals surface area contributed by atoms with E-state index in [-0.39, 0.29) is 11.3 Å². The van der Waals surface area contributed by atoms with Gasteiger partial charge in [0.2, 0.25) is 0 Å². The summed E-state index contributed by atoms with van der Waals surface area (Å²) in [5, 5.41) is 20.6. The number of carboxylic acid groups (broad SMARTS) is 1. The fourth-order valence-electron chi connectivity index (χ4n) is 2.64. The van der Waals surface area contributed by atoms with Gasteiger partial charge in [0.1, 0.15) is 0 Å². The molecule has 0 saturated carbocycles. The van der Waals surface area contributed by atoms with Crippen LogP contribution >= 0.6 is 0 Å². The molecule has 0 aromatic heterocycles. The fourth-order valence-corrected chi connectivity index (χ4v) is 2.64. The van der Waals surface area contributed by atoms with Crippen LogP contribution in [0, 0.1) is 10.1 Å². The Morgan fingerprint density at radius 3 is 2.32 bits per heavy atom. The Bertz CT molecular complexity index is 499. The average molecular weight is 308 g/mol. The van der Waals surface area contributed by atoms with Crippen molar-refractivity contribution in [3.05, 3.63) is 39.9 Å². The number of nitro groups is 1. The molecule has 0 aliphatic rings. The zero-order valence-electron chi connectivity index (χ0n) is 13.2. The molecule has 1 N–H and O–H groups in total. The van der Waals surface area contributed by atoms with Crippen LogP contribution in [0.5, 0.6) is 0 Å². The van der Waals surface area contributed by atoms with Crippen LogP contribution in [0.2, 0.25) is 0 Å². The molecule has 0 heterocycles. The molecule has 0 saturated heterocycles. The first-order valence-electron chi connectivity index (χ1n) is 7.69. The highest BCUT2D eigenvalue weighted by Gasteiger charge is 2.27. The Kier molecular flexibility index (Phi) is 7.52. The normalized spacial score (nSPS) is 12.3. The molecule has 122 valence electrons. The number of nitrogens with zero attached hydrogens (tertiary/aromatic N) is 2. The molecular weight excluding hydrogens is 284 g/mol. The molecule has 1 aromatic rings. The largest absolute Gasteiger partial charge is 0.481 e. The number of hydrogen-bond donors (Lipinski definition) is 1. The van der Waals surface area contributed by atoms with E-state index in [0.29, 0.717) is 13.0 Å². The highest BCUT2D eigenvalue weighted by molar-refractivity contribution is 5.77. The van der Waals surface area contributed by atoms with Gasteiger partial charge in [-0.2, -0.15) is 0 Å². The number of carbonyl (C=O) groups is 1. The van der Waals surface area contributed by atoms with Crippen molar-refractivity contribution in [1.29, 1.82) is 0 Å². The molecular formula is C16H24N2O4. The lowest BCUT2D eigenvalue weighted by molar-refractivity contribution is -0.385. The number of rotatable bonds is 10. The van der Waals surface area contributed by atoms with Gasteiger partial charge in [-0.1, -0.05) is 32.0 Å². The van der Waals surface area contributed by atoms with Crippen molar-refractivity contribution in [2.75, 3.05) is 19.6 Å². The molecule has 22 heavy (non-hydrogen) atoms. The molecule has 0 bridgehead atoms. The predicted octanol–water partition coefficient (Wildman–Crippen LogP) is 3.28. The third-order valence-electron chi connectivity index (χ3n) is 3.62. The molecule has 6 nitrogen and oxygen atoms in total. The molecule has 0 spiro atoms. The van der Waals surface area contributed by atoms with E-state index in [1.165, 1.54) is 6.07 Å². The number of benzene rings is 1. The van der Waals surface area contributed by atoms with Crippen molar-refractivity contribution in [1.82, 2.24) is 4.90 Å². The predicted molar refractivity (Wildman–Crippen MR) is 85.1 cm³/mol. The minimum Gasteiger partial charge on any atom is -0.481 e. The molecule has 1 aromatic carbocycles. The van der Waals surface area contributed by atoms with E-state index in [1.54, 1.807) is 18.2 Å². The molecule has 1 atom stereocenters. The van der Waals surface area contributed by atoms with Gasteiger partial charge in [0.05, 0.1) is 10.8 Å². The van der Waals surface area contributed by atoms with E-state index in [2.05, 4.69) is 18.7 Å². The zero-order chi connectivity index (χ0) is 16.5. The summed E-state index contributed by atoms with van der Waals surface area (Å²) in [6.07, 6.45) is 2.38. The minimum atomic E-state index is -1.01. The van der Waals surface area contributed by atoms with E-state index in [9.17, 15) is 20.0 Å². The van der Waals surface area contributed by atoms with Gasteiger partial charge in [0, 0.05) is 11.6 Å². The van der Waals surface area contributed by atoms with Gasteiger partial charge in [-0.3, -0.25) is 14.9 Å². The Morgan fingerprint density at radius 2 is 1.82 bits per heavy atom. The van der Waals surface area contributed by atoms with Gasteiger partial charge in [-0.05, 0) is 38.9 Å². The number of aliphatic carboxylic acids is 1. The van der Waals surface area contributed by atoms with Crippen LogP contribution in [0.3, 0.4) is 0 Å². The van der Waals surface area contributed by atoms with Crippen LogP contribution in [0.15, 0.2) is 24.3 Å². The fraction of sp³-hybridized carbons (Fsp3) is 0.562. The number of hydrogen-bond acceptors (Lipinski definition) is 4. The summed E-state index contributed by atoms with van der Waals surface area (Å²) in [7, 11) is 0. The molecule has 0 aliphatic heterocycles. The molecule has 0 radical (unpaired) electrons. The van der Waals surface area contributed by atoms with E-state index >= 15 is 0 Å². The second-order valence-electron chi connectivity index (χ2n) is 5.34. The number of para-hydroxylation sites is 1.